The number of nitrogens with zero attached hydrogens (tertiary/aromatic N) is 2. The first-order valence-corrected chi connectivity index (χ1v) is 3.86. The van der Waals surface area contributed by atoms with Crippen molar-refractivity contribution < 1.29 is 4.79 Å². The summed E-state index contributed by atoms with van der Waals surface area (Å²) < 4.78 is 1.33. The van der Waals surface area contributed by atoms with Crippen LogP contribution in [0.25, 0.3) is 0 Å². The average Bonchev–Trinajstić information content (AvgIpc) is 2.63. The maximum Gasteiger partial charge on any atom is 0.218 e. The van der Waals surface area contributed by atoms with E-state index in [0.717, 1.165) is 0 Å². The summed E-state index contributed by atoms with van der Waals surface area (Å²) in [6.45, 7) is 8.00. The van der Waals surface area contributed by atoms with E-state index in [4.69, 9.17) is 0 Å². The number of rotatable bonds is 1. The standard InChI is InChI=1S/C4H4N2O.2C2H6/c7-4-6-2-1-5-3-6;2*1-2/h1-4H;2*1-2H3. The SMILES string of the molecule is CC.CC.O=Cn1ccnc1. The zero-order valence-electron chi connectivity index (χ0n) is 7.61. The predicted octanol–water partition coefficient (Wildman–Crippen LogP) is 1.97. The van der Waals surface area contributed by atoms with Crippen LogP contribution in [0.2, 0.25) is 0 Å². The highest BCUT2D eigenvalue weighted by Gasteiger charge is 1.76. The first-order valence-electron chi connectivity index (χ1n) is 3.86. The second-order valence-electron chi connectivity index (χ2n) is 1.12. The summed E-state index contributed by atoms with van der Waals surface area (Å²) in [7, 11) is 0. The van der Waals surface area contributed by atoms with Crippen molar-refractivity contribution in [3.8, 4) is 0 Å². The third-order valence-corrected chi connectivity index (χ3v) is 0.647. The van der Waals surface area contributed by atoms with Gasteiger partial charge in [-0.25, -0.2) is 4.98 Å². The van der Waals surface area contributed by atoms with E-state index in [9.17, 15) is 4.79 Å². The molecule has 0 spiro atoms. The molecule has 0 saturated heterocycles. The van der Waals surface area contributed by atoms with Crippen molar-refractivity contribution in [1.82, 2.24) is 9.55 Å². The van der Waals surface area contributed by atoms with E-state index in [2.05, 4.69) is 4.98 Å². The highest BCUT2D eigenvalue weighted by Crippen LogP contribution is 1.74. The number of aromatic nitrogens is 2. The number of imidazole rings is 1. The van der Waals surface area contributed by atoms with Gasteiger partial charge < -0.3 is 0 Å². The maximum absolute atomic E-state index is 9.79. The van der Waals surface area contributed by atoms with E-state index in [1.807, 2.05) is 27.7 Å². The molecule has 11 heavy (non-hydrogen) atoms. The molecule has 0 aliphatic carbocycles. The van der Waals surface area contributed by atoms with Gasteiger partial charge in [0.25, 0.3) is 0 Å². The lowest BCUT2D eigenvalue weighted by Crippen LogP contribution is -1.86. The molecule has 0 unspecified atom stereocenters. The highest BCUT2D eigenvalue weighted by molar-refractivity contribution is 5.50. The molecule has 0 bridgehead atoms. The van der Waals surface area contributed by atoms with Gasteiger partial charge in [0, 0.05) is 12.4 Å². The smallest absolute Gasteiger partial charge is 0.218 e. The summed E-state index contributed by atoms with van der Waals surface area (Å²) in [5, 5.41) is 0. The molecule has 1 aromatic heterocycles. The first kappa shape index (κ1) is 12.5. The van der Waals surface area contributed by atoms with Crippen LogP contribution in [-0.4, -0.2) is 16.0 Å². The summed E-state index contributed by atoms with van der Waals surface area (Å²) in [6, 6.07) is 0. The molecule has 0 N–H and O–H groups in total. The zero-order valence-corrected chi connectivity index (χ0v) is 7.61. The van der Waals surface area contributed by atoms with Crippen molar-refractivity contribution >= 4 is 6.41 Å². The molecule has 0 amide bonds. The van der Waals surface area contributed by atoms with Gasteiger partial charge in [-0.05, 0) is 0 Å². The molecule has 3 heteroatoms. The number of carbonyl (C=O) groups excluding carboxylic acids is 1. The minimum absolute atomic E-state index is 0.688. The summed E-state index contributed by atoms with van der Waals surface area (Å²) in [6.07, 6.45) is 5.25. The van der Waals surface area contributed by atoms with Crippen LogP contribution in [0.5, 0.6) is 0 Å². The highest BCUT2D eigenvalue weighted by atomic mass is 16.1. The summed E-state index contributed by atoms with van der Waals surface area (Å²) in [4.78, 5) is 13.4. The second kappa shape index (κ2) is 11.6. The Bertz CT molecular complexity index is 147. The van der Waals surface area contributed by atoms with Gasteiger partial charge in [0.05, 0.1) is 0 Å². The van der Waals surface area contributed by atoms with E-state index < -0.39 is 0 Å². The number of carbonyl (C=O) groups is 1. The Hall–Kier alpha value is -1.12. The van der Waals surface area contributed by atoms with Crippen molar-refractivity contribution in [1.29, 1.82) is 0 Å². The van der Waals surface area contributed by atoms with Crippen molar-refractivity contribution in [3.63, 3.8) is 0 Å². The molecule has 0 aliphatic rings. The van der Waals surface area contributed by atoms with Crippen molar-refractivity contribution in [2.24, 2.45) is 0 Å². The first-order chi connectivity index (χ1) is 5.43. The van der Waals surface area contributed by atoms with Crippen LogP contribution in [-0.2, 0) is 4.79 Å². The molecule has 1 rings (SSSR count). The van der Waals surface area contributed by atoms with Crippen LogP contribution in [0.1, 0.15) is 27.7 Å². The number of hydrogen-bond acceptors (Lipinski definition) is 2. The van der Waals surface area contributed by atoms with Crippen LogP contribution < -0.4 is 0 Å². The third-order valence-electron chi connectivity index (χ3n) is 0.647. The molecule has 0 aliphatic heterocycles. The molecule has 1 heterocycles. The minimum atomic E-state index is 0.688. The Morgan fingerprint density at radius 1 is 1.27 bits per heavy atom. The molecule has 0 saturated carbocycles. The lowest BCUT2D eigenvalue weighted by molar-refractivity contribution is 0.547. The van der Waals surface area contributed by atoms with Gasteiger partial charge in [0.1, 0.15) is 6.33 Å². The van der Waals surface area contributed by atoms with E-state index >= 15 is 0 Å². The molecule has 1 aromatic rings. The summed E-state index contributed by atoms with van der Waals surface area (Å²) >= 11 is 0. The van der Waals surface area contributed by atoms with E-state index in [-0.39, 0.29) is 0 Å². The molecule has 0 fully saturated rings. The van der Waals surface area contributed by atoms with Crippen LogP contribution in [0.15, 0.2) is 18.7 Å². The van der Waals surface area contributed by atoms with Crippen LogP contribution in [0.4, 0.5) is 0 Å². The normalized spacial score (nSPS) is 6.55. The van der Waals surface area contributed by atoms with E-state index in [0.29, 0.717) is 6.41 Å². The Kier molecular flexibility index (Phi) is 13.3. The monoisotopic (exact) mass is 156 g/mol. The van der Waals surface area contributed by atoms with Gasteiger partial charge in [-0.1, -0.05) is 27.7 Å². The minimum Gasteiger partial charge on any atom is -0.279 e. The average molecular weight is 156 g/mol. The fourth-order valence-electron chi connectivity index (χ4n) is 0.332. The van der Waals surface area contributed by atoms with Crippen molar-refractivity contribution in [3.05, 3.63) is 18.7 Å². The molecule has 3 nitrogen and oxygen atoms in total. The molecular formula is C8H16N2O. The van der Waals surface area contributed by atoms with Crippen LogP contribution in [0, 0.1) is 0 Å². The zero-order chi connectivity index (χ0) is 9.11. The Balaban J connectivity index is 0. The lowest BCUT2D eigenvalue weighted by Gasteiger charge is -1.75. The summed E-state index contributed by atoms with van der Waals surface area (Å²) in [5.41, 5.74) is 0. The van der Waals surface area contributed by atoms with E-state index in [1.165, 1.54) is 10.9 Å². The largest absolute Gasteiger partial charge is 0.279 e. The van der Waals surface area contributed by atoms with Gasteiger partial charge >= 0.3 is 0 Å². The van der Waals surface area contributed by atoms with Gasteiger partial charge in [-0.15, -0.1) is 0 Å². The Morgan fingerprint density at radius 3 is 2.00 bits per heavy atom. The fourth-order valence-corrected chi connectivity index (χ4v) is 0.332. The molecule has 0 aromatic carbocycles. The van der Waals surface area contributed by atoms with Crippen LogP contribution >= 0.6 is 0 Å². The molecule has 64 valence electrons. The van der Waals surface area contributed by atoms with Crippen molar-refractivity contribution in [2.45, 2.75) is 27.7 Å². The maximum atomic E-state index is 9.79. The molecule has 0 atom stereocenters. The van der Waals surface area contributed by atoms with Gasteiger partial charge in [-0.2, -0.15) is 0 Å². The van der Waals surface area contributed by atoms with E-state index in [1.54, 1.807) is 12.4 Å². The summed E-state index contributed by atoms with van der Waals surface area (Å²) in [5.74, 6) is 0. The number of hydrogen-bond donors (Lipinski definition) is 0. The van der Waals surface area contributed by atoms with Crippen LogP contribution in [0.3, 0.4) is 0 Å². The molecular weight excluding hydrogens is 140 g/mol. The third kappa shape index (κ3) is 6.77. The van der Waals surface area contributed by atoms with Gasteiger partial charge in [0.2, 0.25) is 6.41 Å². The topological polar surface area (TPSA) is 34.9 Å². The lowest BCUT2D eigenvalue weighted by atomic mass is 10.9. The Morgan fingerprint density at radius 2 is 1.82 bits per heavy atom. The quantitative estimate of drug-likeness (QED) is 0.583. The van der Waals surface area contributed by atoms with Crippen molar-refractivity contribution in [2.75, 3.05) is 0 Å². The predicted molar refractivity (Wildman–Crippen MR) is 47.1 cm³/mol. The van der Waals surface area contributed by atoms with Gasteiger partial charge in [-0.3, -0.25) is 9.36 Å². The Labute approximate surface area is 68.1 Å². The molecule has 0 radical (unpaired) electrons. The second-order valence-corrected chi connectivity index (χ2v) is 1.12. The fraction of sp³-hybridized carbons (Fsp3) is 0.500. The van der Waals surface area contributed by atoms with Gasteiger partial charge in [0.15, 0.2) is 0 Å².